The minimum Gasteiger partial charge on any atom is -0.476 e. The van der Waals surface area contributed by atoms with Crippen molar-refractivity contribution in [2.24, 2.45) is 0 Å². The van der Waals surface area contributed by atoms with Gasteiger partial charge in [-0.25, -0.2) is 8.42 Å². The minimum absolute atomic E-state index is 0.110. The van der Waals surface area contributed by atoms with Crippen LogP contribution in [0.2, 0.25) is 5.02 Å². The summed E-state index contributed by atoms with van der Waals surface area (Å²) in [5.41, 5.74) is 1.45. The summed E-state index contributed by atoms with van der Waals surface area (Å²) < 4.78 is 33.6. The van der Waals surface area contributed by atoms with Crippen LogP contribution >= 0.6 is 11.6 Å². The van der Waals surface area contributed by atoms with Gasteiger partial charge in [0.1, 0.15) is 5.75 Å². The second-order valence-corrected chi connectivity index (χ2v) is 9.39. The van der Waals surface area contributed by atoms with Crippen molar-refractivity contribution >= 4 is 33.2 Å². The van der Waals surface area contributed by atoms with Crippen molar-refractivity contribution in [3.8, 4) is 5.75 Å². The molecule has 1 N–H and O–H groups in total. The molecule has 1 aliphatic heterocycles. The van der Waals surface area contributed by atoms with E-state index >= 15 is 0 Å². The Bertz CT molecular complexity index is 1170. The Morgan fingerprint density at radius 3 is 2.42 bits per heavy atom. The third-order valence-corrected chi connectivity index (χ3v) is 7.03. The fourth-order valence-corrected chi connectivity index (χ4v) is 5.00. The number of hydrogen-bond acceptors (Lipinski definition) is 4. The Morgan fingerprint density at radius 1 is 1.00 bits per heavy atom. The zero-order valence-corrected chi connectivity index (χ0v) is 18.1. The van der Waals surface area contributed by atoms with E-state index in [0.29, 0.717) is 29.4 Å². The summed E-state index contributed by atoms with van der Waals surface area (Å²) in [6.07, 6.45) is -0.336. The van der Waals surface area contributed by atoms with Crippen LogP contribution < -0.4 is 14.4 Å². The number of nitrogens with zero attached hydrogens (tertiary/aromatic N) is 1. The predicted octanol–water partition coefficient (Wildman–Crippen LogP) is 3.66. The van der Waals surface area contributed by atoms with Crippen LogP contribution in [0.15, 0.2) is 83.8 Å². The molecule has 1 atom stereocenters. The van der Waals surface area contributed by atoms with E-state index in [2.05, 4.69) is 5.32 Å². The summed E-state index contributed by atoms with van der Waals surface area (Å²) >= 11 is 5.89. The van der Waals surface area contributed by atoms with Crippen LogP contribution in [0, 0.1) is 0 Å². The highest BCUT2D eigenvalue weighted by atomic mass is 35.5. The number of carbonyl (C=O) groups excluding carboxylic acids is 1. The van der Waals surface area contributed by atoms with Crippen LogP contribution in [0.25, 0.3) is 0 Å². The molecule has 0 saturated carbocycles. The zero-order chi connectivity index (χ0) is 21.8. The third kappa shape index (κ3) is 4.68. The Hall–Kier alpha value is -3.03. The molecule has 0 fully saturated rings. The zero-order valence-electron chi connectivity index (χ0n) is 16.6. The first-order chi connectivity index (χ1) is 14.9. The van der Waals surface area contributed by atoms with E-state index in [1.165, 1.54) is 16.4 Å². The van der Waals surface area contributed by atoms with E-state index in [-0.39, 0.29) is 17.3 Å². The average molecular weight is 457 g/mol. The molecular formula is C23H21ClN2O4S. The summed E-state index contributed by atoms with van der Waals surface area (Å²) in [6, 6.07) is 22.4. The van der Waals surface area contributed by atoms with Gasteiger partial charge in [0.25, 0.3) is 15.9 Å². The van der Waals surface area contributed by atoms with E-state index in [0.717, 1.165) is 5.56 Å². The molecule has 6 nitrogen and oxygen atoms in total. The van der Waals surface area contributed by atoms with Gasteiger partial charge in [-0.15, -0.1) is 0 Å². The van der Waals surface area contributed by atoms with Crippen molar-refractivity contribution in [3.63, 3.8) is 0 Å². The third-order valence-electron chi connectivity index (χ3n) is 4.98. The lowest BCUT2D eigenvalue weighted by Gasteiger charge is -2.34. The van der Waals surface area contributed by atoms with Gasteiger partial charge < -0.3 is 10.1 Å². The summed E-state index contributed by atoms with van der Waals surface area (Å²) in [7, 11) is -3.85. The summed E-state index contributed by atoms with van der Waals surface area (Å²) in [4.78, 5) is 12.9. The first-order valence-corrected chi connectivity index (χ1v) is 11.6. The number of ether oxygens (including phenoxy) is 1. The summed E-state index contributed by atoms with van der Waals surface area (Å²) in [5, 5.41) is 3.49. The van der Waals surface area contributed by atoms with Crippen molar-refractivity contribution in [3.05, 3.63) is 89.4 Å². The number of nitrogens with one attached hydrogen (secondary N) is 1. The molecule has 0 spiro atoms. The van der Waals surface area contributed by atoms with Crippen LogP contribution in [0.1, 0.15) is 5.56 Å². The fraction of sp³-hybridized carbons (Fsp3) is 0.174. The van der Waals surface area contributed by atoms with Gasteiger partial charge in [0.2, 0.25) is 0 Å². The van der Waals surface area contributed by atoms with Gasteiger partial charge in [-0.2, -0.15) is 0 Å². The molecule has 1 heterocycles. The molecular weight excluding hydrogens is 436 g/mol. The second-order valence-electron chi connectivity index (χ2n) is 7.09. The standard InChI is InChI=1S/C23H21ClN2O4S/c24-18-12-10-17(11-13-18)14-15-25-23(27)22-16-26(20-8-4-5-9-21(20)30-22)31(28,29)19-6-2-1-3-7-19/h1-13,22H,14-16H2,(H,25,27)/t22-/m1/s1. The van der Waals surface area contributed by atoms with Gasteiger partial charge in [-0.05, 0) is 48.4 Å². The SMILES string of the molecule is O=C(NCCc1ccc(Cl)cc1)[C@H]1CN(S(=O)(=O)c2ccccc2)c2ccccc2O1. The van der Waals surface area contributed by atoms with E-state index in [1.807, 2.05) is 12.1 Å². The number of para-hydroxylation sites is 2. The van der Waals surface area contributed by atoms with Crippen LogP contribution in [0.5, 0.6) is 5.75 Å². The maximum atomic E-state index is 13.3. The van der Waals surface area contributed by atoms with Gasteiger partial charge in [0.05, 0.1) is 17.1 Å². The normalized spacial score (nSPS) is 15.6. The molecule has 0 aliphatic carbocycles. The van der Waals surface area contributed by atoms with Crippen molar-refractivity contribution in [2.45, 2.75) is 17.4 Å². The van der Waals surface area contributed by atoms with Gasteiger partial charge in [-0.3, -0.25) is 9.10 Å². The molecule has 160 valence electrons. The smallest absolute Gasteiger partial charge is 0.264 e. The summed E-state index contributed by atoms with van der Waals surface area (Å²) in [6.45, 7) is 0.286. The average Bonchev–Trinajstić information content (AvgIpc) is 2.80. The molecule has 8 heteroatoms. The van der Waals surface area contributed by atoms with Gasteiger partial charge in [0, 0.05) is 11.6 Å². The number of rotatable bonds is 6. The molecule has 0 bridgehead atoms. The number of amides is 1. The van der Waals surface area contributed by atoms with E-state index in [4.69, 9.17) is 16.3 Å². The Morgan fingerprint density at radius 2 is 1.68 bits per heavy atom. The van der Waals surface area contributed by atoms with Crippen LogP contribution in [0.4, 0.5) is 5.69 Å². The van der Waals surface area contributed by atoms with Gasteiger partial charge >= 0.3 is 0 Å². The lowest BCUT2D eigenvalue weighted by atomic mass is 10.1. The number of sulfonamides is 1. The van der Waals surface area contributed by atoms with E-state index < -0.39 is 16.1 Å². The molecule has 4 rings (SSSR count). The molecule has 31 heavy (non-hydrogen) atoms. The van der Waals surface area contributed by atoms with E-state index in [1.54, 1.807) is 54.6 Å². The monoisotopic (exact) mass is 456 g/mol. The highest BCUT2D eigenvalue weighted by molar-refractivity contribution is 7.92. The molecule has 3 aromatic rings. The molecule has 0 saturated heterocycles. The van der Waals surface area contributed by atoms with E-state index in [9.17, 15) is 13.2 Å². The van der Waals surface area contributed by atoms with Crippen LogP contribution in [0.3, 0.4) is 0 Å². The number of halogens is 1. The topological polar surface area (TPSA) is 75.7 Å². The molecule has 0 radical (unpaired) electrons. The van der Waals surface area contributed by atoms with Crippen LogP contribution in [-0.2, 0) is 21.2 Å². The molecule has 0 unspecified atom stereocenters. The maximum absolute atomic E-state index is 13.3. The van der Waals surface area contributed by atoms with Crippen molar-refractivity contribution < 1.29 is 17.9 Å². The number of anilines is 1. The Kier molecular flexibility index (Phi) is 6.15. The second kappa shape index (κ2) is 8.99. The maximum Gasteiger partial charge on any atom is 0.264 e. The fourth-order valence-electron chi connectivity index (χ4n) is 3.38. The summed E-state index contributed by atoms with van der Waals surface area (Å²) in [5.74, 6) is -0.0113. The highest BCUT2D eigenvalue weighted by Gasteiger charge is 2.37. The van der Waals surface area contributed by atoms with Gasteiger partial charge in [0.15, 0.2) is 6.10 Å². The van der Waals surface area contributed by atoms with Gasteiger partial charge in [-0.1, -0.05) is 54.1 Å². The largest absolute Gasteiger partial charge is 0.476 e. The van der Waals surface area contributed by atoms with Crippen molar-refractivity contribution in [1.29, 1.82) is 0 Å². The molecule has 1 aliphatic rings. The van der Waals surface area contributed by atoms with Crippen molar-refractivity contribution in [2.75, 3.05) is 17.4 Å². The highest BCUT2D eigenvalue weighted by Crippen LogP contribution is 2.36. The number of hydrogen-bond donors (Lipinski definition) is 1. The predicted molar refractivity (Wildman–Crippen MR) is 120 cm³/mol. The number of fused-ring (bicyclic) bond motifs is 1. The first-order valence-electron chi connectivity index (χ1n) is 9.81. The van der Waals surface area contributed by atoms with Crippen molar-refractivity contribution in [1.82, 2.24) is 5.32 Å². The lowest BCUT2D eigenvalue weighted by Crippen LogP contribution is -2.50. The minimum atomic E-state index is -3.85. The Balaban J connectivity index is 1.51. The number of carbonyl (C=O) groups is 1. The lowest BCUT2D eigenvalue weighted by molar-refractivity contribution is -0.127. The molecule has 1 amide bonds. The van der Waals surface area contributed by atoms with Crippen LogP contribution in [-0.4, -0.2) is 33.5 Å². The molecule has 0 aromatic heterocycles. The first kappa shape index (κ1) is 21.2. The quantitative estimate of drug-likeness (QED) is 0.614. The molecule has 3 aromatic carbocycles. The number of benzene rings is 3. The Labute approximate surface area is 186 Å².